The van der Waals surface area contributed by atoms with E-state index < -0.39 is 0 Å². The summed E-state index contributed by atoms with van der Waals surface area (Å²) in [5.74, 6) is 0.825. The molecule has 4 aromatic rings. The molecule has 5 nitrogen and oxygen atoms in total. The van der Waals surface area contributed by atoms with Crippen LogP contribution in [0.15, 0.2) is 65.8 Å². The SMILES string of the molecule is CNC(=O)C(C)Sc1nnc(Cc2cccc3ccccc23)n1-c1ccc(C)cc1C. The number of amides is 1. The minimum atomic E-state index is -0.274. The lowest BCUT2D eigenvalue weighted by atomic mass is 10.0. The van der Waals surface area contributed by atoms with Gasteiger partial charge in [0, 0.05) is 13.5 Å². The Balaban J connectivity index is 1.81. The lowest BCUT2D eigenvalue weighted by Crippen LogP contribution is -2.27. The molecule has 31 heavy (non-hydrogen) atoms. The average molecular weight is 431 g/mol. The Hall–Kier alpha value is -3.12. The monoisotopic (exact) mass is 430 g/mol. The van der Waals surface area contributed by atoms with E-state index in [0.717, 1.165) is 22.2 Å². The molecular formula is C25H26N4OS. The minimum Gasteiger partial charge on any atom is -0.358 e. The predicted molar refractivity (Wildman–Crippen MR) is 127 cm³/mol. The van der Waals surface area contributed by atoms with E-state index in [0.29, 0.717) is 6.42 Å². The molecule has 0 radical (unpaired) electrons. The van der Waals surface area contributed by atoms with Crippen LogP contribution in [0.4, 0.5) is 0 Å². The van der Waals surface area contributed by atoms with Crippen LogP contribution in [0.5, 0.6) is 0 Å². The molecule has 0 fully saturated rings. The molecular weight excluding hydrogens is 404 g/mol. The van der Waals surface area contributed by atoms with Crippen LogP contribution in [-0.4, -0.2) is 33.0 Å². The van der Waals surface area contributed by atoms with E-state index in [1.165, 1.54) is 33.7 Å². The lowest BCUT2D eigenvalue weighted by Gasteiger charge is -2.15. The lowest BCUT2D eigenvalue weighted by molar-refractivity contribution is -0.119. The molecule has 158 valence electrons. The van der Waals surface area contributed by atoms with Crippen LogP contribution in [0.25, 0.3) is 16.5 Å². The van der Waals surface area contributed by atoms with Gasteiger partial charge in [0.2, 0.25) is 5.91 Å². The number of hydrogen-bond acceptors (Lipinski definition) is 4. The zero-order chi connectivity index (χ0) is 22.0. The summed E-state index contributed by atoms with van der Waals surface area (Å²) in [5, 5.41) is 14.6. The number of aryl methyl sites for hydroxylation is 2. The molecule has 6 heteroatoms. The second kappa shape index (κ2) is 8.94. The number of nitrogens with zero attached hydrogens (tertiary/aromatic N) is 3. The third-order valence-electron chi connectivity index (χ3n) is 5.42. The van der Waals surface area contributed by atoms with Gasteiger partial charge in [0.05, 0.1) is 10.9 Å². The van der Waals surface area contributed by atoms with Crippen LogP contribution in [0.1, 0.15) is 29.4 Å². The fourth-order valence-corrected chi connectivity index (χ4v) is 4.76. The van der Waals surface area contributed by atoms with Gasteiger partial charge in [-0.3, -0.25) is 9.36 Å². The maximum atomic E-state index is 12.1. The first-order valence-corrected chi connectivity index (χ1v) is 11.2. The number of rotatable bonds is 6. The number of benzene rings is 3. The van der Waals surface area contributed by atoms with Crippen LogP contribution >= 0.6 is 11.8 Å². The van der Waals surface area contributed by atoms with Crippen molar-refractivity contribution in [2.45, 2.75) is 37.6 Å². The molecule has 1 heterocycles. The second-order valence-electron chi connectivity index (χ2n) is 7.71. The number of hydrogen-bond donors (Lipinski definition) is 1. The second-order valence-corrected chi connectivity index (χ2v) is 9.02. The summed E-state index contributed by atoms with van der Waals surface area (Å²) < 4.78 is 2.10. The summed E-state index contributed by atoms with van der Waals surface area (Å²) in [6.07, 6.45) is 0.649. The van der Waals surface area contributed by atoms with Crippen molar-refractivity contribution in [2.24, 2.45) is 0 Å². The molecule has 0 aliphatic heterocycles. The number of fused-ring (bicyclic) bond motifs is 1. The van der Waals surface area contributed by atoms with E-state index in [2.05, 4.69) is 94.6 Å². The van der Waals surface area contributed by atoms with Gasteiger partial charge in [0.15, 0.2) is 5.16 Å². The Morgan fingerprint density at radius 3 is 2.61 bits per heavy atom. The molecule has 1 aromatic heterocycles. The quantitative estimate of drug-likeness (QED) is 0.444. The fourth-order valence-electron chi connectivity index (χ4n) is 3.82. The van der Waals surface area contributed by atoms with Gasteiger partial charge in [-0.15, -0.1) is 10.2 Å². The maximum Gasteiger partial charge on any atom is 0.233 e. The number of carbonyl (C=O) groups is 1. The smallest absolute Gasteiger partial charge is 0.233 e. The Morgan fingerprint density at radius 1 is 1.06 bits per heavy atom. The molecule has 0 spiro atoms. The largest absolute Gasteiger partial charge is 0.358 e. The third-order valence-corrected chi connectivity index (χ3v) is 6.46. The number of aromatic nitrogens is 3. The Kier molecular flexibility index (Phi) is 6.09. The molecule has 1 unspecified atom stereocenters. The van der Waals surface area contributed by atoms with Crippen molar-refractivity contribution in [1.82, 2.24) is 20.1 Å². The van der Waals surface area contributed by atoms with Crippen LogP contribution in [0.3, 0.4) is 0 Å². The van der Waals surface area contributed by atoms with E-state index >= 15 is 0 Å². The van der Waals surface area contributed by atoms with Crippen molar-refractivity contribution >= 4 is 28.4 Å². The van der Waals surface area contributed by atoms with Gasteiger partial charge in [-0.25, -0.2) is 0 Å². The highest BCUT2D eigenvalue weighted by Crippen LogP contribution is 2.29. The zero-order valence-electron chi connectivity index (χ0n) is 18.2. The van der Waals surface area contributed by atoms with Gasteiger partial charge >= 0.3 is 0 Å². The first-order chi connectivity index (χ1) is 15.0. The van der Waals surface area contributed by atoms with Gasteiger partial charge in [-0.1, -0.05) is 71.9 Å². The minimum absolute atomic E-state index is 0.0317. The summed E-state index contributed by atoms with van der Waals surface area (Å²) in [4.78, 5) is 12.1. The predicted octanol–water partition coefficient (Wildman–Crippen LogP) is 4.85. The molecule has 4 rings (SSSR count). The summed E-state index contributed by atoms with van der Waals surface area (Å²) >= 11 is 1.42. The molecule has 0 saturated heterocycles. The van der Waals surface area contributed by atoms with Gasteiger partial charge in [-0.2, -0.15) is 0 Å². The summed E-state index contributed by atoms with van der Waals surface area (Å²) in [5.41, 5.74) is 4.59. The molecule has 3 aromatic carbocycles. The van der Waals surface area contributed by atoms with E-state index in [9.17, 15) is 4.79 Å². The number of carbonyl (C=O) groups excluding carboxylic acids is 1. The highest BCUT2D eigenvalue weighted by Gasteiger charge is 2.21. The summed E-state index contributed by atoms with van der Waals surface area (Å²) in [7, 11) is 1.65. The van der Waals surface area contributed by atoms with Gasteiger partial charge < -0.3 is 5.32 Å². The molecule has 0 aliphatic carbocycles. The first-order valence-electron chi connectivity index (χ1n) is 10.3. The van der Waals surface area contributed by atoms with Crippen LogP contribution in [0, 0.1) is 13.8 Å². The topological polar surface area (TPSA) is 59.8 Å². The van der Waals surface area contributed by atoms with Crippen molar-refractivity contribution in [2.75, 3.05) is 7.05 Å². The Labute approximate surface area is 186 Å². The molecule has 1 amide bonds. The van der Waals surface area contributed by atoms with Crippen LogP contribution in [-0.2, 0) is 11.2 Å². The van der Waals surface area contributed by atoms with E-state index in [4.69, 9.17) is 0 Å². The molecule has 0 saturated carbocycles. The van der Waals surface area contributed by atoms with E-state index in [1.54, 1.807) is 7.05 Å². The summed E-state index contributed by atoms with van der Waals surface area (Å²) in [6, 6.07) is 21.1. The van der Waals surface area contributed by atoms with Crippen molar-refractivity contribution in [1.29, 1.82) is 0 Å². The van der Waals surface area contributed by atoms with Gasteiger partial charge in [0.1, 0.15) is 5.82 Å². The highest BCUT2D eigenvalue weighted by molar-refractivity contribution is 8.00. The van der Waals surface area contributed by atoms with Crippen molar-refractivity contribution < 1.29 is 4.79 Å². The molecule has 0 bridgehead atoms. The third kappa shape index (κ3) is 4.35. The Bertz CT molecular complexity index is 1240. The number of nitrogens with one attached hydrogen (secondary N) is 1. The molecule has 1 atom stereocenters. The highest BCUT2D eigenvalue weighted by atomic mass is 32.2. The Morgan fingerprint density at radius 2 is 1.84 bits per heavy atom. The van der Waals surface area contributed by atoms with E-state index in [-0.39, 0.29) is 11.2 Å². The molecule has 0 aliphatic rings. The number of thioether (sulfide) groups is 1. The van der Waals surface area contributed by atoms with Crippen molar-refractivity contribution in [3.8, 4) is 5.69 Å². The standard InChI is InChI=1S/C25H26N4OS/c1-16-12-13-22(17(2)14-16)29-23(27-28-25(29)31-18(3)24(30)26-4)15-20-10-7-9-19-8-5-6-11-21(19)20/h5-14,18H,15H2,1-4H3,(H,26,30). The van der Waals surface area contributed by atoms with Crippen molar-refractivity contribution in [3.63, 3.8) is 0 Å². The van der Waals surface area contributed by atoms with Crippen LogP contribution < -0.4 is 5.32 Å². The van der Waals surface area contributed by atoms with Gasteiger partial charge in [-0.05, 0) is 48.7 Å². The van der Waals surface area contributed by atoms with Crippen LogP contribution in [0.2, 0.25) is 0 Å². The van der Waals surface area contributed by atoms with Gasteiger partial charge in [0.25, 0.3) is 0 Å². The van der Waals surface area contributed by atoms with Crippen molar-refractivity contribution in [3.05, 3.63) is 83.2 Å². The molecule has 1 N–H and O–H groups in total. The summed E-state index contributed by atoms with van der Waals surface area (Å²) in [6.45, 7) is 6.07. The van der Waals surface area contributed by atoms with E-state index in [1.807, 2.05) is 6.92 Å². The average Bonchev–Trinajstić information content (AvgIpc) is 3.15. The maximum absolute atomic E-state index is 12.1. The normalized spacial score (nSPS) is 12.1. The fraction of sp³-hybridized carbons (Fsp3) is 0.240. The first kappa shape index (κ1) is 21.1. The zero-order valence-corrected chi connectivity index (χ0v) is 19.0.